The number of benzene rings is 1. The number of nitrogens with one attached hydrogen (secondary N) is 1. The van der Waals surface area contributed by atoms with Gasteiger partial charge in [-0.3, -0.25) is 0 Å². The molecule has 0 amide bonds. The summed E-state index contributed by atoms with van der Waals surface area (Å²) in [6.45, 7) is 1.79. The Morgan fingerprint density at radius 3 is 2.61 bits per heavy atom. The predicted molar refractivity (Wildman–Crippen MR) is 76.8 cm³/mol. The highest BCUT2D eigenvalue weighted by Crippen LogP contribution is 2.28. The molecule has 3 nitrogen and oxygen atoms in total. The normalized spacial score (nSPS) is 17.9. The van der Waals surface area contributed by atoms with Crippen LogP contribution in [0.3, 0.4) is 0 Å². The Hall–Kier alpha value is -0.100. The maximum absolute atomic E-state index is 12.3. The molecule has 0 spiro atoms. The van der Waals surface area contributed by atoms with Crippen molar-refractivity contribution in [2.75, 3.05) is 18.8 Å². The molecule has 1 heterocycles. The van der Waals surface area contributed by atoms with Crippen LogP contribution in [0.4, 0.5) is 0 Å². The van der Waals surface area contributed by atoms with Gasteiger partial charge >= 0.3 is 0 Å². The summed E-state index contributed by atoms with van der Waals surface area (Å²) < 4.78 is 25.4. The minimum absolute atomic E-state index is 0.191. The summed E-state index contributed by atoms with van der Waals surface area (Å²) in [6, 6.07) is 4.90. The van der Waals surface area contributed by atoms with E-state index in [1.807, 2.05) is 0 Å². The van der Waals surface area contributed by atoms with Crippen LogP contribution in [-0.2, 0) is 9.84 Å². The van der Waals surface area contributed by atoms with E-state index in [4.69, 9.17) is 11.6 Å². The van der Waals surface area contributed by atoms with Gasteiger partial charge in [0, 0.05) is 4.47 Å². The van der Waals surface area contributed by atoms with Crippen molar-refractivity contribution in [1.29, 1.82) is 0 Å². The fraction of sp³-hybridized carbons (Fsp3) is 0.500. The third-order valence-corrected chi connectivity index (χ3v) is 6.00. The fourth-order valence-corrected chi connectivity index (χ4v) is 4.97. The van der Waals surface area contributed by atoms with Crippen LogP contribution in [0.5, 0.6) is 0 Å². The lowest BCUT2D eigenvalue weighted by Crippen LogP contribution is -2.31. The Morgan fingerprint density at radius 2 is 2.00 bits per heavy atom. The molecule has 0 aromatic heterocycles. The second kappa shape index (κ2) is 5.90. The number of rotatable bonds is 3. The van der Waals surface area contributed by atoms with Crippen LogP contribution in [-0.4, -0.2) is 27.3 Å². The average Bonchev–Trinajstić information content (AvgIpc) is 2.29. The van der Waals surface area contributed by atoms with Crippen molar-refractivity contribution in [2.24, 2.45) is 5.92 Å². The van der Waals surface area contributed by atoms with Crippen molar-refractivity contribution in [2.45, 2.75) is 17.7 Å². The standard InChI is InChI=1S/C12H15BrClNO2S/c13-10-1-2-12(11(14)7-10)18(16,17)8-9-3-5-15-6-4-9/h1-2,7,9,15H,3-6,8H2. The Kier molecular flexibility index (Phi) is 4.69. The van der Waals surface area contributed by atoms with Crippen LogP contribution in [0.2, 0.25) is 5.02 Å². The fourth-order valence-electron chi connectivity index (χ4n) is 2.18. The van der Waals surface area contributed by atoms with Crippen molar-refractivity contribution < 1.29 is 8.42 Å². The van der Waals surface area contributed by atoms with E-state index in [0.717, 1.165) is 30.4 Å². The summed E-state index contributed by atoms with van der Waals surface area (Å²) >= 11 is 9.28. The largest absolute Gasteiger partial charge is 0.317 e. The number of hydrogen-bond donors (Lipinski definition) is 1. The lowest BCUT2D eigenvalue weighted by molar-refractivity contribution is 0.401. The molecule has 1 aliphatic heterocycles. The van der Waals surface area contributed by atoms with Crippen molar-refractivity contribution in [3.8, 4) is 0 Å². The van der Waals surface area contributed by atoms with E-state index in [1.165, 1.54) is 0 Å². The molecule has 0 radical (unpaired) electrons. The van der Waals surface area contributed by atoms with E-state index in [0.29, 0.717) is 5.02 Å². The molecule has 0 aliphatic carbocycles. The molecule has 0 bridgehead atoms. The number of halogens is 2. The first-order chi connectivity index (χ1) is 8.49. The van der Waals surface area contributed by atoms with Crippen LogP contribution in [0.1, 0.15) is 12.8 Å². The van der Waals surface area contributed by atoms with Gasteiger partial charge in [0.25, 0.3) is 0 Å². The molecule has 1 N–H and O–H groups in total. The molecule has 1 saturated heterocycles. The topological polar surface area (TPSA) is 46.2 Å². The van der Waals surface area contributed by atoms with Crippen molar-refractivity contribution >= 4 is 37.4 Å². The summed E-state index contributed by atoms with van der Waals surface area (Å²) in [7, 11) is -3.29. The third kappa shape index (κ3) is 3.47. The first kappa shape index (κ1) is 14.3. The van der Waals surface area contributed by atoms with Crippen LogP contribution in [0.15, 0.2) is 27.6 Å². The molecular formula is C12H15BrClNO2S. The summed E-state index contributed by atoms with van der Waals surface area (Å²) in [4.78, 5) is 0.242. The van der Waals surface area contributed by atoms with E-state index in [9.17, 15) is 8.42 Å². The lowest BCUT2D eigenvalue weighted by Gasteiger charge is -2.22. The molecule has 1 aromatic carbocycles. The minimum Gasteiger partial charge on any atom is -0.317 e. The van der Waals surface area contributed by atoms with Crippen molar-refractivity contribution in [1.82, 2.24) is 5.32 Å². The summed E-state index contributed by atoms with van der Waals surface area (Å²) in [5, 5.41) is 3.52. The molecule has 2 rings (SSSR count). The number of hydrogen-bond acceptors (Lipinski definition) is 3. The highest BCUT2D eigenvalue weighted by Gasteiger charge is 2.24. The van der Waals surface area contributed by atoms with Gasteiger partial charge in [-0.25, -0.2) is 8.42 Å². The second-order valence-corrected chi connectivity index (χ2v) is 7.88. The van der Waals surface area contributed by atoms with Crippen LogP contribution < -0.4 is 5.32 Å². The third-order valence-electron chi connectivity index (χ3n) is 3.14. The lowest BCUT2D eigenvalue weighted by atomic mass is 10.0. The van der Waals surface area contributed by atoms with E-state index >= 15 is 0 Å². The Morgan fingerprint density at radius 1 is 1.33 bits per heavy atom. The zero-order chi connectivity index (χ0) is 13.2. The Bertz CT molecular complexity index is 527. The number of piperidine rings is 1. The van der Waals surface area contributed by atoms with Gasteiger partial charge in [0.15, 0.2) is 9.84 Å². The van der Waals surface area contributed by atoms with Crippen molar-refractivity contribution in [3.63, 3.8) is 0 Å². The van der Waals surface area contributed by atoms with Gasteiger partial charge in [-0.15, -0.1) is 0 Å². The van der Waals surface area contributed by atoms with E-state index in [-0.39, 0.29) is 16.6 Å². The Labute approximate surface area is 121 Å². The molecular weight excluding hydrogens is 338 g/mol. The molecule has 6 heteroatoms. The zero-order valence-corrected chi connectivity index (χ0v) is 13.0. The van der Waals surface area contributed by atoms with Gasteiger partial charge in [0.05, 0.1) is 15.7 Å². The predicted octanol–water partition coefficient (Wildman–Crippen LogP) is 2.88. The van der Waals surface area contributed by atoms with Gasteiger partial charge in [-0.2, -0.15) is 0 Å². The van der Waals surface area contributed by atoms with Gasteiger partial charge < -0.3 is 5.32 Å². The van der Waals surface area contributed by atoms with Crippen LogP contribution in [0, 0.1) is 5.92 Å². The quantitative estimate of drug-likeness (QED) is 0.910. The SMILES string of the molecule is O=S(=O)(CC1CCNCC1)c1ccc(Br)cc1Cl. The molecule has 1 aliphatic rings. The summed E-state index contributed by atoms with van der Waals surface area (Å²) in [5.74, 6) is 0.423. The molecule has 0 unspecified atom stereocenters. The van der Waals surface area contributed by atoms with E-state index in [2.05, 4.69) is 21.2 Å². The molecule has 0 saturated carbocycles. The first-order valence-corrected chi connectivity index (χ1v) is 8.70. The zero-order valence-electron chi connectivity index (χ0n) is 9.83. The second-order valence-electron chi connectivity index (χ2n) is 4.55. The monoisotopic (exact) mass is 351 g/mol. The highest BCUT2D eigenvalue weighted by molar-refractivity contribution is 9.10. The van der Waals surface area contributed by atoms with E-state index in [1.54, 1.807) is 18.2 Å². The first-order valence-electron chi connectivity index (χ1n) is 5.87. The minimum atomic E-state index is -3.29. The van der Waals surface area contributed by atoms with Crippen molar-refractivity contribution in [3.05, 3.63) is 27.7 Å². The van der Waals surface area contributed by atoms with Crippen LogP contribution >= 0.6 is 27.5 Å². The maximum atomic E-state index is 12.3. The van der Waals surface area contributed by atoms with Gasteiger partial charge in [0.1, 0.15) is 0 Å². The molecule has 0 atom stereocenters. The summed E-state index contributed by atoms with van der Waals surface area (Å²) in [5.41, 5.74) is 0. The highest BCUT2D eigenvalue weighted by atomic mass is 79.9. The maximum Gasteiger partial charge on any atom is 0.180 e. The smallest absolute Gasteiger partial charge is 0.180 e. The molecule has 1 fully saturated rings. The van der Waals surface area contributed by atoms with Gasteiger partial charge in [0.2, 0.25) is 0 Å². The van der Waals surface area contributed by atoms with Gasteiger partial charge in [-0.05, 0) is 50.0 Å². The van der Waals surface area contributed by atoms with Gasteiger partial charge in [-0.1, -0.05) is 27.5 Å². The molecule has 1 aromatic rings. The molecule has 100 valence electrons. The Balaban J connectivity index is 2.19. The average molecular weight is 353 g/mol. The van der Waals surface area contributed by atoms with E-state index < -0.39 is 9.84 Å². The van der Waals surface area contributed by atoms with Crippen LogP contribution in [0.25, 0.3) is 0 Å². The summed E-state index contributed by atoms with van der Waals surface area (Å²) in [6.07, 6.45) is 1.82. The molecule has 18 heavy (non-hydrogen) atoms. The number of sulfone groups is 1.